The maximum atomic E-state index is 12.2. The monoisotopic (exact) mass is 433 g/mol. The third-order valence-electron chi connectivity index (χ3n) is 4.34. The Balaban J connectivity index is 0.00000192. The molecule has 128 valence electrons. The summed E-state index contributed by atoms with van der Waals surface area (Å²) in [5.74, 6) is 2.66. The van der Waals surface area contributed by atoms with E-state index in [1.54, 1.807) is 7.05 Å². The lowest BCUT2D eigenvalue weighted by molar-refractivity contribution is -0.135. The molecule has 2 aliphatic rings. The number of rotatable bonds is 3. The lowest BCUT2D eigenvalue weighted by Gasteiger charge is -2.36. The number of carbonyl (C=O) groups is 1. The average Bonchev–Trinajstić information content (AvgIpc) is 3.29. The highest BCUT2D eigenvalue weighted by atomic mass is 127. The molecule has 1 aromatic heterocycles. The van der Waals surface area contributed by atoms with Crippen molar-refractivity contribution in [3.63, 3.8) is 0 Å². The van der Waals surface area contributed by atoms with E-state index in [2.05, 4.69) is 20.5 Å². The summed E-state index contributed by atoms with van der Waals surface area (Å²) >= 11 is 0. The van der Waals surface area contributed by atoms with Gasteiger partial charge in [0.1, 0.15) is 5.82 Å². The number of aryl methyl sites for hydroxylation is 1. The Bertz CT molecular complexity index is 596. The Labute approximate surface area is 153 Å². The Hall–Kier alpha value is -1.39. The predicted molar refractivity (Wildman–Crippen MR) is 97.7 cm³/mol. The molecule has 0 unspecified atom stereocenters. The molecule has 3 rings (SSSR count). The first-order chi connectivity index (χ1) is 10.6. The summed E-state index contributed by atoms with van der Waals surface area (Å²) in [5.41, 5.74) is 0. The van der Waals surface area contributed by atoms with E-state index in [1.165, 1.54) is 0 Å². The van der Waals surface area contributed by atoms with Gasteiger partial charge in [0, 0.05) is 33.2 Å². The first-order valence-corrected chi connectivity index (χ1v) is 7.70. The summed E-state index contributed by atoms with van der Waals surface area (Å²) in [6, 6.07) is 0.492. The third-order valence-corrected chi connectivity index (χ3v) is 4.34. The second kappa shape index (κ2) is 7.45. The molecule has 1 N–H and O–H groups in total. The molecule has 23 heavy (non-hydrogen) atoms. The number of piperazine rings is 1. The van der Waals surface area contributed by atoms with Crippen LogP contribution in [0.1, 0.15) is 24.5 Å². The van der Waals surface area contributed by atoms with Crippen molar-refractivity contribution in [2.45, 2.75) is 32.4 Å². The van der Waals surface area contributed by atoms with Crippen LogP contribution in [-0.2, 0) is 18.4 Å². The third kappa shape index (κ3) is 3.93. The average molecular weight is 433 g/mol. The zero-order valence-electron chi connectivity index (χ0n) is 13.8. The number of aromatic nitrogens is 3. The van der Waals surface area contributed by atoms with Gasteiger partial charge >= 0.3 is 0 Å². The summed E-state index contributed by atoms with van der Waals surface area (Å²) in [6.45, 7) is 4.46. The molecule has 2 fully saturated rings. The van der Waals surface area contributed by atoms with Crippen LogP contribution in [0.3, 0.4) is 0 Å². The summed E-state index contributed by atoms with van der Waals surface area (Å²) in [5, 5.41) is 11.4. The first kappa shape index (κ1) is 18.0. The topological polar surface area (TPSA) is 78.7 Å². The Morgan fingerprint density at radius 2 is 2.09 bits per heavy atom. The molecule has 0 atom stereocenters. The van der Waals surface area contributed by atoms with E-state index >= 15 is 0 Å². The number of halogens is 1. The van der Waals surface area contributed by atoms with Crippen LogP contribution >= 0.6 is 24.0 Å². The van der Waals surface area contributed by atoms with Crippen LogP contribution in [0.15, 0.2) is 4.99 Å². The Kier molecular flexibility index (Phi) is 5.82. The van der Waals surface area contributed by atoms with Gasteiger partial charge in [0.15, 0.2) is 11.8 Å². The maximum absolute atomic E-state index is 12.2. The van der Waals surface area contributed by atoms with Gasteiger partial charge in [0.05, 0.1) is 13.1 Å². The smallest absolute Gasteiger partial charge is 0.242 e. The van der Waals surface area contributed by atoms with Crippen molar-refractivity contribution < 1.29 is 4.79 Å². The number of nitrogens with zero attached hydrogens (tertiary/aromatic N) is 6. The molecule has 0 bridgehead atoms. The second-order valence-corrected chi connectivity index (χ2v) is 5.86. The fraction of sp³-hybridized carbons (Fsp3) is 0.714. The van der Waals surface area contributed by atoms with E-state index in [-0.39, 0.29) is 29.9 Å². The van der Waals surface area contributed by atoms with Crippen LogP contribution in [0.2, 0.25) is 0 Å². The molecule has 1 saturated carbocycles. The Morgan fingerprint density at radius 1 is 1.35 bits per heavy atom. The number of nitrogens with one attached hydrogen (secondary N) is 1. The van der Waals surface area contributed by atoms with E-state index < -0.39 is 0 Å². The van der Waals surface area contributed by atoms with Gasteiger partial charge in [-0.1, -0.05) is 0 Å². The van der Waals surface area contributed by atoms with E-state index in [9.17, 15) is 4.79 Å². The zero-order valence-corrected chi connectivity index (χ0v) is 16.2. The normalized spacial score (nSPS) is 18.9. The summed E-state index contributed by atoms with van der Waals surface area (Å²) < 4.78 is 1.94. The number of guanidine groups is 1. The van der Waals surface area contributed by atoms with Gasteiger partial charge in [-0.25, -0.2) is 0 Å². The Morgan fingerprint density at radius 3 is 2.61 bits per heavy atom. The van der Waals surface area contributed by atoms with Crippen LogP contribution in [0.4, 0.5) is 0 Å². The highest BCUT2D eigenvalue weighted by molar-refractivity contribution is 14.0. The minimum Gasteiger partial charge on any atom is -0.349 e. The molecular weight excluding hydrogens is 409 g/mol. The number of hydrogen-bond acceptors (Lipinski definition) is 4. The molecular formula is C14H24IN7O. The summed E-state index contributed by atoms with van der Waals surface area (Å²) in [7, 11) is 3.68. The molecule has 0 radical (unpaired) electrons. The van der Waals surface area contributed by atoms with Crippen molar-refractivity contribution in [3.05, 3.63) is 11.6 Å². The van der Waals surface area contributed by atoms with Crippen molar-refractivity contribution in [2.75, 3.05) is 26.7 Å². The maximum Gasteiger partial charge on any atom is 0.242 e. The zero-order chi connectivity index (χ0) is 15.7. The van der Waals surface area contributed by atoms with Gasteiger partial charge in [-0.15, -0.1) is 34.2 Å². The molecule has 1 aliphatic heterocycles. The van der Waals surface area contributed by atoms with Crippen LogP contribution in [0.25, 0.3) is 0 Å². The molecule has 1 saturated heterocycles. The first-order valence-electron chi connectivity index (χ1n) is 7.70. The van der Waals surface area contributed by atoms with Crippen molar-refractivity contribution in [1.82, 2.24) is 29.9 Å². The number of aliphatic imine (C=N–C) groups is 1. The predicted octanol–water partition coefficient (Wildman–Crippen LogP) is 0.124. The molecule has 1 amide bonds. The van der Waals surface area contributed by atoms with Gasteiger partial charge in [0.25, 0.3) is 0 Å². The molecule has 0 aromatic carbocycles. The van der Waals surface area contributed by atoms with E-state index in [0.29, 0.717) is 19.1 Å². The van der Waals surface area contributed by atoms with Crippen LogP contribution < -0.4 is 5.32 Å². The van der Waals surface area contributed by atoms with E-state index in [1.807, 2.05) is 28.3 Å². The second-order valence-electron chi connectivity index (χ2n) is 5.86. The van der Waals surface area contributed by atoms with E-state index in [0.717, 1.165) is 43.5 Å². The largest absolute Gasteiger partial charge is 0.349 e. The molecule has 0 spiro atoms. The van der Waals surface area contributed by atoms with E-state index in [4.69, 9.17) is 0 Å². The van der Waals surface area contributed by atoms with Crippen LogP contribution in [0.5, 0.6) is 0 Å². The van der Waals surface area contributed by atoms with Crippen molar-refractivity contribution >= 4 is 35.8 Å². The quantitative estimate of drug-likeness (QED) is 0.417. The molecule has 2 heterocycles. The summed E-state index contributed by atoms with van der Waals surface area (Å²) in [4.78, 5) is 20.5. The van der Waals surface area contributed by atoms with Crippen molar-refractivity contribution in [3.8, 4) is 0 Å². The molecule has 1 aliphatic carbocycles. The van der Waals surface area contributed by atoms with Gasteiger partial charge in [-0.3, -0.25) is 9.79 Å². The van der Waals surface area contributed by atoms with Crippen molar-refractivity contribution in [2.24, 2.45) is 12.0 Å². The minimum absolute atomic E-state index is 0. The molecule has 9 heteroatoms. The number of amides is 1. The fourth-order valence-electron chi connectivity index (χ4n) is 2.73. The highest BCUT2D eigenvalue weighted by Crippen LogP contribution is 2.27. The van der Waals surface area contributed by atoms with Crippen LogP contribution in [0, 0.1) is 6.92 Å². The number of hydrogen-bond donors (Lipinski definition) is 1. The van der Waals surface area contributed by atoms with Gasteiger partial charge < -0.3 is 19.7 Å². The highest BCUT2D eigenvalue weighted by Gasteiger charge is 2.36. The lowest BCUT2D eigenvalue weighted by atomic mass is 10.3. The molecule has 1 aromatic rings. The number of carbonyl (C=O) groups excluding carboxylic acids is 1. The lowest BCUT2D eigenvalue weighted by Crippen LogP contribution is -2.55. The minimum atomic E-state index is 0. The van der Waals surface area contributed by atoms with Crippen molar-refractivity contribution in [1.29, 1.82) is 0 Å². The van der Waals surface area contributed by atoms with Gasteiger partial charge in [-0.05, 0) is 19.8 Å². The summed E-state index contributed by atoms with van der Waals surface area (Å²) in [6.07, 6.45) is 2.31. The SMILES string of the molecule is CN=C(NCc1nnc(C)n1C)N1CCN(C2CC2)C(=O)C1.I. The van der Waals surface area contributed by atoms with Crippen LogP contribution in [-0.4, -0.2) is 69.2 Å². The molecule has 8 nitrogen and oxygen atoms in total. The fourth-order valence-corrected chi connectivity index (χ4v) is 2.73. The van der Waals surface area contributed by atoms with Gasteiger partial charge in [0.2, 0.25) is 5.91 Å². The van der Waals surface area contributed by atoms with Gasteiger partial charge in [-0.2, -0.15) is 0 Å². The standard InChI is InChI=1S/C14H23N7O.HI/c1-10-17-18-12(19(10)3)8-16-14(15-2)20-6-7-21(11-4-5-11)13(22)9-20;/h11H,4-9H2,1-3H3,(H,15,16);1H.